The number of pyridine rings is 1. The van der Waals surface area contributed by atoms with Gasteiger partial charge in [0.25, 0.3) is 0 Å². The Hall–Kier alpha value is -3.36. The zero-order valence-corrected chi connectivity index (χ0v) is 18.4. The van der Waals surface area contributed by atoms with Crippen LogP contribution in [0.2, 0.25) is 0 Å². The largest absolute Gasteiger partial charge is 0.453 e. The zero-order chi connectivity index (χ0) is 22.7. The maximum absolute atomic E-state index is 14.4. The van der Waals surface area contributed by atoms with Gasteiger partial charge in [-0.15, -0.1) is 0 Å². The third-order valence-corrected chi connectivity index (χ3v) is 3.71. The highest BCUT2D eigenvalue weighted by atomic mass is 19.1. The summed E-state index contributed by atoms with van der Waals surface area (Å²) in [5.41, 5.74) is 0.155. The summed E-state index contributed by atoms with van der Waals surface area (Å²) in [6, 6.07) is 8.14. The van der Waals surface area contributed by atoms with Crippen molar-refractivity contribution in [3.63, 3.8) is 0 Å². The first-order valence-electron chi connectivity index (χ1n) is 10.1. The van der Waals surface area contributed by atoms with Crippen LogP contribution in [0.5, 0.6) is 11.5 Å². The number of nitrogens with zero attached hydrogens (tertiary/aromatic N) is 2. The lowest BCUT2D eigenvalue weighted by Gasteiger charge is -2.19. The first-order chi connectivity index (χ1) is 14.8. The van der Waals surface area contributed by atoms with Gasteiger partial charge in [-0.1, -0.05) is 6.07 Å². The van der Waals surface area contributed by atoms with Crippen LogP contribution in [0.3, 0.4) is 0 Å². The van der Waals surface area contributed by atoms with Crippen molar-refractivity contribution in [3.8, 4) is 11.5 Å². The number of benzene rings is 1. The lowest BCUT2D eigenvalue weighted by Crippen LogP contribution is -2.42. The molecule has 168 valence electrons. The standard InChI is InChI=1S/C22H30FN5O3/c1-5-25-20(26-11-12-27-21(29)31-22(2,3)4)28-14-16-8-9-19(18(23)13-16)30-17-7-6-10-24-15-17/h6-10,13,15H,5,11-12,14H2,1-4H3,(H,27,29)(H2,25,26,28). The summed E-state index contributed by atoms with van der Waals surface area (Å²) in [4.78, 5) is 20.0. The van der Waals surface area contributed by atoms with Crippen molar-refractivity contribution in [2.24, 2.45) is 4.99 Å². The molecule has 1 amide bonds. The van der Waals surface area contributed by atoms with Gasteiger partial charge < -0.3 is 25.4 Å². The van der Waals surface area contributed by atoms with Gasteiger partial charge in [-0.25, -0.2) is 14.2 Å². The van der Waals surface area contributed by atoms with E-state index in [9.17, 15) is 9.18 Å². The molecule has 0 spiro atoms. The lowest BCUT2D eigenvalue weighted by molar-refractivity contribution is 0.0529. The molecule has 1 heterocycles. The molecule has 0 radical (unpaired) electrons. The fourth-order valence-corrected chi connectivity index (χ4v) is 2.43. The van der Waals surface area contributed by atoms with Crippen LogP contribution >= 0.6 is 0 Å². The van der Waals surface area contributed by atoms with E-state index in [-0.39, 0.29) is 12.3 Å². The number of carbonyl (C=O) groups excluding carboxylic acids is 1. The Kier molecular flexibility index (Phi) is 9.05. The number of ether oxygens (including phenoxy) is 2. The Balaban J connectivity index is 1.86. The molecule has 0 saturated carbocycles. The summed E-state index contributed by atoms with van der Waals surface area (Å²) in [7, 11) is 0. The predicted octanol–water partition coefficient (Wildman–Crippen LogP) is 3.59. The van der Waals surface area contributed by atoms with Gasteiger partial charge in [-0.2, -0.15) is 0 Å². The predicted molar refractivity (Wildman–Crippen MR) is 118 cm³/mol. The van der Waals surface area contributed by atoms with Crippen LogP contribution < -0.4 is 20.7 Å². The van der Waals surface area contributed by atoms with Gasteiger partial charge in [0.1, 0.15) is 11.4 Å². The minimum absolute atomic E-state index is 0.124. The quantitative estimate of drug-likeness (QED) is 0.336. The first-order valence-corrected chi connectivity index (χ1v) is 10.1. The molecule has 1 aromatic carbocycles. The third-order valence-electron chi connectivity index (χ3n) is 3.71. The van der Waals surface area contributed by atoms with E-state index in [4.69, 9.17) is 9.47 Å². The average molecular weight is 432 g/mol. The molecule has 31 heavy (non-hydrogen) atoms. The number of hydrogen-bond donors (Lipinski definition) is 3. The van der Waals surface area contributed by atoms with Crippen LogP contribution in [0.4, 0.5) is 9.18 Å². The summed E-state index contributed by atoms with van der Waals surface area (Å²) in [5, 5.41) is 8.89. The number of rotatable bonds is 8. The molecular formula is C22H30FN5O3. The number of alkyl carbamates (subject to hydrolysis) is 1. The zero-order valence-electron chi connectivity index (χ0n) is 18.4. The van der Waals surface area contributed by atoms with Gasteiger partial charge >= 0.3 is 6.09 Å². The Bertz CT molecular complexity index is 869. The second-order valence-electron chi connectivity index (χ2n) is 7.61. The van der Waals surface area contributed by atoms with E-state index in [0.717, 1.165) is 0 Å². The van der Waals surface area contributed by atoms with Gasteiger partial charge in [-0.3, -0.25) is 4.98 Å². The van der Waals surface area contributed by atoms with Crippen LogP contribution in [0.15, 0.2) is 47.7 Å². The minimum Gasteiger partial charge on any atom is -0.453 e. The highest BCUT2D eigenvalue weighted by molar-refractivity contribution is 5.79. The maximum atomic E-state index is 14.4. The summed E-state index contributed by atoms with van der Waals surface area (Å²) in [6.45, 7) is 9.13. The van der Waals surface area contributed by atoms with Gasteiger partial charge in [0.2, 0.25) is 0 Å². The fraction of sp³-hybridized carbons (Fsp3) is 0.409. The molecule has 0 unspecified atom stereocenters. The van der Waals surface area contributed by atoms with Crippen LogP contribution in [-0.4, -0.2) is 42.3 Å². The number of guanidine groups is 1. The normalized spacial score (nSPS) is 11.6. The van der Waals surface area contributed by atoms with Crippen molar-refractivity contribution < 1.29 is 18.7 Å². The number of hydrogen-bond acceptors (Lipinski definition) is 5. The van der Waals surface area contributed by atoms with E-state index >= 15 is 0 Å². The van der Waals surface area contributed by atoms with E-state index in [1.54, 1.807) is 51.2 Å². The molecular weight excluding hydrogens is 401 g/mol. The van der Waals surface area contributed by atoms with Crippen LogP contribution in [-0.2, 0) is 11.3 Å². The van der Waals surface area contributed by atoms with Crippen LogP contribution in [0, 0.1) is 5.82 Å². The molecule has 1 aromatic heterocycles. The molecule has 2 rings (SSSR count). The van der Waals surface area contributed by atoms with E-state index in [1.165, 1.54) is 12.3 Å². The molecule has 0 aliphatic heterocycles. The minimum atomic E-state index is -0.540. The SMILES string of the molecule is CCNC(=NCc1ccc(Oc2cccnc2)c(F)c1)NCCNC(=O)OC(C)(C)C. The van der Waals surface area contributed by atoms with Gasteiger partial charge in [0.05, 0.1) is 12.7 Å². The lowest BCUT2D eigenvalue weighted by atomic mass is 10.2. The first kappa shape index (κ1) is 23.9. The highest BCUT2D eigenvalue weighted by Gasteiger charge is 2.15. The molecule has 0 saturated heterocycles. The highest BCUT2D eigenvalue weighted by Crippen LogP contribution is 2.24. The number of carbonyl (C=O) groups is 1. The third kappa shape index (κ3) is 9.33. The van der Waals surface area contributed by atoms with Gasteiger partial charge in [-0.05, 0) is 57.5 Å². The second kappa shape index (κ2) is 11.7. The number of halogens is 1. The van der Waals surface area contributed by atoms with Crippen molar-refractivity contribution in [1.29, 1.82) is 0 Å². The average Bonchev–Trinajstić information content (AvgIpc) is 2.70. The van der Waals surface area contributed by atoms with E-state index in [1.807, 2.05) is 6.92 Å². The van der Waals surface area contributed by atoms with Crippen LogP contribution in [0.25, 0.3) is 0 Å². The molecule has 2 aromatic rings. The molecule has 0 bridgehead atoms. The Labute approximate surface area is 182 Å². The Morgan fingerprint density at radius 2 is 1.94 bits per heavy atom. The molecule has 9 heteroatoms. The number of aliphatic imine (C=N–C) groups is 1. The summed E-state index contributed by atoms with van der Waals surface area (Å²) in [6.07, 6.45) is 2.66. The van der Waals surface area contributed by atoms with E-state index in [0.29, 0.717) is 36.9 Å². The summed E-state index contributed by atoms with van der Waals surface area (Å²) >= 11 is 0. The molecule has 0 aliphatic carbocycles. The number of amides is 1. The molecule has 0 aliphatic rings. The van der Waals surface area contributed by atoms with Crippen molar-refractivity contribution in [2.75, 3.05) is 19.6 Å². The fourth-order valence-electron chi connectivity index (χ4n) is 2.43. The van der Waals surface area contributed by atoms with Crippen molar-refractivity contribution in [3.05, 3.63) is 54.1 Å². The summed E-state index contributed by atoms with van der Waals surface area (Å²) < 4.78 is 25.1. The maximum Gasteiger partial charge on any atom is 0.407 e. The van der Waals surface area contributed by atoms with E-state index < -0.39 is 17.5 Å². The Morgan fingerprint density at radius 3 is 2.58 bits per heavy atom. The second-order valence-corrected chi connectivity index (χ2v) is 7.61. The smallest absolute Gasteiger partial charge is 0.407 e. The number of aromatic nitrogens is 1. The van der Waals surface area contributed by atoms with Crippen molar-refractivity contribution >= 4 is 12.1 Å². The summed E-state index contributed by atoms with van der Waals surface area (Å²) in [5.74, 6) is 0.672. The number of nitrogens with one attached hydrogen (secondary N) is 3. The van der Waals surface area contributed by atoms with Gasteiger partial charge in [0.15, 0.2) is 17.5 Å². The van der Waals surface area contributed by atoms with E-state index in [2.05, 4.69) is 25.9 Å². The van der Waals surface area contributed by atoms with Crippen LogP contribution in [0.1, 0.15) is 33.3 Å². The molecule has 3 N–H and O–H groups in total. The topological polar surface area (TPSA) is 96.9 Å². The molecule has 0 atom stereocenters. The van der Waals surface area contributed by atoms with Crippen molar-refractivity contribution in [2.45, 2.75) is 39.8 Å². The Morgan fingerprint density at radius 1 is 1.16 bits per heavy atom. The molecule has 8 nitrogen and oxygen atoms in total. The van der Waals surface area contributed by atoms with Gasteiger partial charge in [0, 0.05) is 25.8 Å². The molecule has 0 fully saturated rings. The van der Waals surface area contributed by atoms with Crippen molar-refractivity contribution in [1.82, 2.24) is 20.9 Å². The monoisotopic (exact) mass is 431 g/mol.